The summed E-state index contributed by atoms with van der Waals surface area (Å²) in [5.41, 5.74) is 7.35. The van der Waals surface area contributed by atoms with Gasteiger partial charge in [0.25, 0.3) is 0 Å². The number of benzene rings is 2. The monoisotopic (exact) mass is 289 g/mol. The number of rotatable bonds is 3. The van der Waals surface area contributed by atoms with Gasteiger partial charge in [-0.05, 0) is 24.0 Å². The summed E-state index contributed by atoms with van der Waals surface area (Å²) in [5, 5.41) is 9.98. The summed E-state index contributed by atoms with van der Waals surface area (Å²) in [5.74, 6) is 0. The predicted octanol–water partition coefficient (Wildman–Crippen LogP) is 4.26. The van der Waals surface area contributed by atoms with E-state index in [4.69, 9.17) is 0 Å². The number of aromatic nitrogens is 1. The van der Waals surface area contributed by atoms with Gasteiger partial charge in [0.2, 0.25) is 0 Å². The van der Waals surface area contributed by atoms with Crippen molar-refractivity contribution in [3.63, 3.8) is 0 Å². The molecule has 0 fully saturated rings. The lowest BCUT2D eigenvalue weighted by Crippen LogP contribution is -2.00. The van der Waals surface area contributed by atoms with Gasteiger partial charge in [0, 0.05) is 23.4 Å². The van der Waals surface area contributed by atoms with E-state index in [0.29, 0.717) is 0 Å². The first-order valence-corrected chi connectivity index (χ1v) is 7.86. The Morgan fingerprint density at radius 3 is 2.00 bits per heavy atom. The van der Waals surface area contributed by atoms with Gasteiger partial charge in [-0.2, -0.15) is 0 Å². The van der Waals surface area contributed by atoms with Crippen LogP contribution in [0.5, 0.6) is 0 Å². The van der Waals surface area contributed by atoms with Crippen LogP contribution in [0.1, 0.15) is 17.8 Å². The van der Waals surface area contributed by atoms with Crippen LogP contribution >= 0.6 is 0 Å². The fourth-order valence-electron chi connectivity index (χ4n) is 3.65. The minimum absolute atomic E-state index is 0.0874. The van der Waals surface area contributed by atoms with Gasteiger partial charge < -0.3 is 9.67 Å². The maximum Gasteiger partial charge on any atom is 0.0839 e. The van der Waals surface area contributed by atoms with Crippen LogP contribution in [0, 0.1) is 0 Å². The molecule has 0 unspecified atom stereocenters. The second-order valence-corrected chi connectivity index (χ2v) is 5.79. The van der Waals surface area contributed by atoms with Crippen molar-refractivity contribution in [2.75, 3.05) is 0 Å². The topological polar surface area (TPSA) is 25.2 Å². The van der Waals surface area contributed by atoms with Crippen LogP contribution in [-0.2, 0) is 19.6 Å². The standard InChI is InChI=1S/C20H19NO/c22-14-18-20(16-10-5-2-6-11-16)19(15-8-3-1-4-9-15)17-12-7-13-21(17)18/h1-6,8-11,22H,7,12-14H2. The van der Waals surface area contributed by atoms with Crippen LogP contribution in [0.25, 0.3) is 22.3 Å². The molecule has 1 aromatic heterocycles. The largest absolute Gasteiger partial charge is 0.390 e. The minimum atomic E-state index is 0.0874. The summed E-state index contributed by atoms with van der Waals surface area (Å²) >= 11 is 0. The third kappa shape index (κ3) is 1.99. The average Bonchev–Trinajstić information content (AvgIpc) is 3.16. The molecule has 1 aliphatic heterocycles. The lowest BCUT2D eigenvalue weighted by molar-refractivity contribution is 0.272. The smallest absolute Gasteiger partial charge is 0.0839 e. The van der Waals surface area contributed by atoms with Gasteiger partial charge in [0.1, 0.15) is 0 Å². The molecule has 4 rings (SSSR count). The SMILES string of the molecule is OCc1c(-c2ccccc2)c(-c2ccccc2)c2n1CCC2. The van der Waals surface area contributed by atoms with E-state index < -0.39 is 0 Å². The van der Waals surface area contributed by atoms with E-state index >= 15 is 0 Å². The Balaban J connectivity index is 2.04. The van der Waals surface area contributed by atoms with Gasteiger partial charge in [-0.3, -0.25) is 0 Å². The van der Waals surface area contributed by atoms with Gasteiger partial charge in [-0.1, -0.05) is 60.7 Å². The van der Waals surface area contributed by atoms with Crippen molar-refractivity contribution in [1.82, 2.24) is 4.57 Å². The third-order valence-electron chi connectivity index (χ3n) is 4.55. The van der Waals surface area contributed by atoms with Crippen molar-refractivity contribution in [1.29, 1.82) is 0 Å². The highest BCUT2D eigenvalue weighted by atomic mass is 16.3. The maximum absolute atomic E-state index is 9.98. The summed E-state index contributed by atoms with van der Waals surface area (Å²) in [6.45, 7) is 1.10. The van der Waals surface area contributed by atoms with Crippen molar-refractivity contribution in [3.8, 4) is 22.3 Å². The molecule has 1 aliphatic rings. The van der Waals surface area contributed by atoms with E-state index in [1.54, 1.807) is 0 Å². The molecule has 2 heterocycles. The highest BCUT2D eigenvalue weighted by molar-refractivity contribution is 5.88. The van der Waals surface area contributed by atoms with Gasteiger partial charge >= 0.3 is 0 Å². The molecule has 0 atom stereocenters. The van der Waals surface area contributed by atoms with Crippen LogP contribution in [0.3, 0.4) is 0 Å². The second-order valence-electron chi connectivity index (χ2n) is 5.79. The van der Waals surface area contributed by atoms with E-state index in [9.17, 15) is 5.11 Å². The lowest BCUT2D eigenvalue weighted by atomic mass is 9.94. The molecule has 0 amide bonds. The minimum Gasteiger partial charge on any atom is -0.390 e. The molecule has 2 aromatic carbocycles. The van der Waals surface area contributed by atoms with Gasteiger partial charge in [-0.25, -0.2) is 0 Å². The third-order valence-corrected chi connectivity index (χ3v) is 4.55. The van der Waals surface area contributed by atoms with Crippen LogP contribution in [0.2, 0.25) is 0 Å². The summed E-state index contributed by atoms with van der Waals surface area (Å²) < 4.78 is 2.32. The van der Waals surface area contributed by atoms with Crippen LogP contribution in [-0.4, -0.2) is 9.67 Å². The highest BCUT2D eigenvalue weighted by Crippen LogP contribution is 2.42. The number of fused-ring (bicyclic) bond motifs is 1. The van der Waals surface area contributed by atoms with Gasteiger partial charge in [0.05, 0.1) is 12.3 Å². The van der Waals surface area contributed by atoms with Gasteiger partial charge in [0.15, 0.2) is 0 Å². The molecule has 3 aromatic rings. The number of nitrogens with zero attached hydrogens (tertiary/aromatic N) is 1. The van der Waals surface area contributed by atoms with Crippen LogP contribution in [0.15, 0.2) is 60.7 Å². The Kier molecular flexibility index (Phi) is 3.32. The average molecular weight is 289 g/mol. The zero-order chi connectivity index (χ0) is 14.9. The molecule has 22 heavy (non-hydrogen) atoms. The molecular formula is C20H19NO. The van der Waals surface area contributed by atoms with E-state index in [2.05, 4.69) is 59.2 Å². The number of hydrogen-bond acceptors (Lipinski definition) is 1. The number of hydrogen-bond donors (Lipinski definition) is 1. The number of aliphatic hydroxyl groups excluding tert-OH is 1. The first-order valence-electron chi connectivity index (χ1n) is 7.86. The van der Waals surface area contributed by atoms with E-state index in [1.165, 1.54) is 27.9 Å². The van der Waals surface area contributed by atoms with Crippen LogP contribution in [0.4, 0.5) is 0 Å². The van der Waals surface area contributed by atoms with Crippen molar-refractivity contribution in [2.45, 2.75) is 26.0 Å². The normalized spacial score (nSPS) is 13.3. The number of aliphatic hydroxyl groups is 1. The Morgan fingerprint density at radius 2 is 1.41 bits per heavy atom. The van der Waals surface area contributed by atoms with Crippen LogP contribution < -0.4 is 0 Å². The molecule has 0 saturated carbocycles. The summed E-state index contributed by atoms with van der Waals surface area (Å²) in [4.78, 5) is 0. The molecule has 0 radical (unpaired) electrons. The summed E-state index contributed by atoms with van der Waals surface area (Å²) in [6.07, 6.45) is 2.25. The Bertz CT molecular complexity index is 747. The fourth-order valence-corrected chi connectivity index (χ4v) is 3.65. The highest BCUT2D eigenvalue weighted by Gasteiger charge is 2.26. The molecule has 2 heteroatoms. The Labute approximate surface area is 130 Å². The predicted molar refractivity (Wildman–Crippen MR) is 89.5 cm³/mol. The van der Waals surface area contributed by atoms with Crippen molar-refractivity contribution in [3.05, 3.63) is 72.1 Å². The second kappa shape index (κ2) is 5.47. The molecular weight excluding hydrogens is 270 g/mol. The Morgan fingerprint density at radius 1 is 0.818 bits per heavy atom. The molecule has 0 aliphatic carbocycles. The zero-order valence-corrected chi connectivity index (χ0v) is 12.5. The molecule has 0 saturated heterocycles. The van der Waals surface area contributed by atoms with Crippen molar-refractivity contribution >= 4 is 0 Å². The lowest BCUT2D eigenvalue weighted by Gasteiger charge is -2.09. The maximum atomic E-state index is 9.98. The molecule has 0 spiro atoms. The molecule has 1 N–H and O–H groups in total. The summed E-state index contributed by atoms with van der Waals surface area (Å²) in [6, 6.07) is 21.0. The molecule has 110 valence electrons. The first kappa shape index (κ1) is 13.4. The van der Waals surface area contributed by atoms with E-state index in [-0.39, 0.29) is 6.61 Å². The Hall–Kier alpha value is -2.32. The van der Waals surface area contributed by atoms with E-state index in [1.807, 2.05) is 6.07 Å². The zero-order valence-electron chi connectivity index (χ0n) is 12.5. The quantitative estimate of drug-likeness (QED) is 0.765. The molecule has 2 nitrogen and oxygen atoms in total. The molecule has 0 bridgehead atoms. The first-order chi connectivity index (χ1) is 10.9. The van der Waals surface area contributed by atoms with Crippen molar-refractivity contribution in [2.24, 2.45) is 0 Å². The summed E-state index contributed by atoms with van der Waals surface area (Å²) in [7, 11) is 0. The van der Waals surface area contributed by atoms with Gasteiger partial charge in [-0.15, -0.1) is 0 Å². The van der Waals surface area contributed by atoms with E-state index in [0.717, 1.165) is 25.1 Å². The van der Waals surface area contributed by atoms with Crippen molar-refractivity contribution < 1.29 is 5.11 Å². The fraction of sp³-hybridized carbons (Fsp3) is 0.200.